The summed E-state index contributed by atoms with van der Waals surface area (Å²) in [6.07, 6.45) is 0.00842. The van der Waals surface area contributed by atoms with Gasteiger partial charge in [0.2, 0.25) is 0 Å². The van der Waals surface area contributed by atoms with Crippen LogP contribution in [-0.4, -0.2) is 53.1 Å². The Balaban J connectivity index is 1.80. The second-order valence-corrected chi connectivity index (χ2v) is 7.67. The van der Waals surface area contributed by atoms with Crippen molar-refractivity contribution in [1.29, 1.82) is 0 Å². The molecule has 168 valence electrons. The average molecular weight is 456 g/mol. The highest BCUT2D eigenvalue weighted by Crippen LogP contribution is 2.27. The molecule has 0 aliphatic rings. The van der Waals surface area contributed by atoms with E-state index in [1.165, 1.54) is 18.9 Å². The molecule has 0 fully saturated rings. The molecule has 0 spiro atoms. The molecule has 0 aliphatic carbocycles. The van der Waals surface area contributed by atoms with E-state index in [2.05, 4.69) is 10.2 Å². The minimum absolute atomic E-state index is 0.00842. The van der Waals surface area contributed by atoms with Crippen LogP contribution in [-0.2, 0) is 22.5 Å². The standard InChI is InChI=1S/C23H25N3O5S/c1-4-31-22(28)13-21-24-25-23(26(21)14-16-8-6-5-7-9-16)32-15-19(27)18-11-10-17(29-2)12-20(18)30-3/h5-12H,4,13-15H2,1-3H3. The molecule has 32 heavy (non-hydrogen) atoms. The molecule has 8 nitrogen and oxygen atoms in total. The smallest absolute Gasteiger partial charge is 0.313 e. The largest absolute Gasteiger partial charge is 0.497 e. The molecule has 0 saturated carbocycles. The molecule has 0 amide bonds. The molecule has 1 aromatic heterocycles. The van der Waals surface area contributed by atoms with Crippen LogP contribution >= 0.6 is 11.8 Å². The maximum Gasteiger partial charge on any atom is 0.313 e. The van der Waals surface area contributed by atoms with Gasteiger partial charge in [-0.05, 0) is 24.6 Å². The third-order valence-electron chi connectivity index (χ3n) is 4.63. The molecule has 0 N–H and O–H groups in total. The Morgan fingerprint density at radius 1 is 1.03 bits per heavy atom. The van der Waals surface area contributed by atoms with Crippen LogP contribution in [0.15, 0.2) is 53.7 Å². The predicted octanol–water partition coefficient (Wildman–Crippen LogP) is 3.42. The van der Waals surface area contributed by atoms with Crippen LogP contribution < -0.4 is 9.47 Å². The minimum atomic E-state index is -0.371. The number of ether oxygens (including phenoxy) is 3. The lowest BCUT2D eigenvalue weighted by molar-refractivity contribution is -0.142. The van der Waals surface area contributed by atoms with Gasteiger partial charge in [0.05, 0.1) is 38.7 Å². The van der Waals surface area contributed by atoms with Crippen LogP contribution in [0.4, 0.5) is 0 Å². The van der Waals surface area contributed by atoms with Crippen LogP contribution in [0.1, 0.15) is 28.7 Å². The number of nitrogens with zero attached hydrogens (tertiary/aromatic N) is 3. The summed E-state index contributed by atoms with van der Waals surface area (Å²) >= 11 is 1.26. The molecular weight excluding hydrogens is 430 g/mol. The minimum Gasteiger partial charge on any atom is -0.497 e. The second kappa shape index (κ2) is 11.3. The Kier molecular flexibility index (Phi) is 8.27. The fourth-order valence-electron chi connectivity index (χ4n) is 3.06. The van der Waals surface area contributed by atoms with E-state index in [1.807, 2.05) is 34.9 Å². The summed E-state index contributed by atoms with van der Waals surface area (Å²) < 4.78 is 17.4. The number of thioether (sulfide) groups is 1. The van der Waals surface area contributed by atoms with Crippen molar-refractivity contribution in [3.05, 3.63) is 65.5 Å². The molecule has 9 heteroatoms. The zero-order valence-corrected chi connectivity index (χ0v) is 19.1. The van der Waals surface area contributed by atoms with E-state index in [1.54, 1.807) is 32.2 Å². The SMILES string of the molecule is CCOC(=O)Cc1nnc(SCC(=O)c2ccc(OC)cc2OC)n1Cc1ccccc1. The fourth-order valence-corrected chi connectivity index (χ4v) is 3.90. The third kappa shape index (κ3) is 5.88. The van der Waals surface area contributed by atoms with Crippen LogP contribution in [0, 0.1) is 0 Å². The number of methoxy groups -OCH3 is 2. The van der Waals surface area contributed by atoms with Crippen molar-refractivity contribution in [1.82, 2.24) is 14.8 Å². The summed E-state index contributed by atoms with van der Waals surface area (Å²) in [6, 6.07) is 14.9. The van der Waals surface area contributed by atoms with Crippen molar-refractivity contribution in [2.75, 3.05) is 26.6 Å². The maximum absolute atomic E-state index is 12.9. The van der Waals surface area contributed by atoms with Gasteiger partial charge in [0, 0.05) is 6.07 Å². The molecule has 0 unspecified atom stereocenters. The number of carbonyl (C=O) groups is 2. The van der Waals surface area contributed by atoms with Gasteiger partial charge in [0.25, 0.3) is 0 Å². The zero-order chi connectivity index (χ0) is 22.9. The summed E-state index contributed by atoms with van der Waals surface area (Å²) in [5.41, 5.74) is 1.49. The van der Waals surface area contributed by atoms with E-state index in [0.29, 0.717) is 41.2 Å². The summed E-state index contributed by atoms with van der Waals surface area (Å²) in [7, 11) is 3.07. The number of aromatic nitrogens is 3. The Bertz CT molecular complexity index is 1070. The quantitative estimate of drug-likeness (QED) is 0.247. The number of hydrogen-bond acceptors (Lipinski definition) is 8. The Labute approximate surface area is 190 Å². The van der Waals surface area contributed by atoms with Crippen molar-refractivity contribution in [2.45, 2.75) is 25.0 Å². The number of benzene rings is 2. The van der Waals surface area contributed by atoms with Gasteiger partial charge in [-0.15, -0.1) is 10.2 Å². The van der Waals surface area contributed by atoms with Crippen LogP contribution in [0.2, 0.25) is 0 Å². The second-order valence-electron chi connectivity index (χ2n) is 6.73. The third-order valence-corrected chi connectivity index (χ3v) is 5.59. The topological polar surface area (TPSA) is 92.5 Å². The normalized spacial score (nSPS) is 10.6. The number of carbonyl (C=O) groups excluding carboxylic acids is 2. The van der Waals surface area contributed by atoms with Gasteiger partial charge in [-0.25, -0.2) is 0 Å². The molecule has 0 saturated heterocycles. The van der Waals surface area contributed by atoms with E-state index < -0.39 is 0 Å². The monoisotopic (exact) mass is 455 g/mol. The summed E-state index contributed by atoms with van der Waals surface area (Å²) in [5, 5.41) is 8.96. The first-order chi connectivity index (χ1) is 15.5. The van der Waals surface area contributed by atoms with Gasteiger partial charge in [-0.1, -0.05) is 42.1 Å². The highest BCUT2D eigenvalue weighted by Gasteiger charge is 2.19. The molecule has 1 heterocycles. The lowest BCUT2D eigenvalue weighted by Crippen LogP contribution is -2.14. The van der Waals surface area contributed by atoms with Crippen LogP contribution in [0.25, 0.3) is 0 Å². The molecule has 3 aromatic rings. The van der Waals surface area contributed by atoms with Gasteiger partial charge in [-0.3, -0.25) is 9.59 Å². The Morgan fingerprint density at radius 3 is 2.50 bits per heavy atom. The molecule has 0 aliphatic heterocycles. The molecule has 0 atom stereocenters. The number of Topliss-reactive ketones (excluding diaryl/α,β-unsaturated/α-hetero) is 1. The van der Waals surface area contributed by atoms with Crippen LogP contribution in [0.5, 0.6) is 11.5 Å². The summed E-state index contributed by atoms with van der Waals surface area (Å²) in [6.45, 7) is 2.53. The number of rotatable bonds is 11. The average Bonchev–Trinajstić information content (AvgIpc) is 3.18. The maximum atomic E-state index is 12.9. The number of esters is 1. The van der Waals surface area contributed by atoms with Crippen LogP contribution in [0.3, 0.4) is 0 Å². The van der Waals surface area contributed by atoms with Crippen molar-refractivity contribution in [3.63, 3.8) is 0 Å². The fraction of sp³-hybridized carbons (Fsp3) is 0.304. The van der Waals surface area contributed by atoms with Crippen molar-refractivity contribution < 1.29 is 23.8 Å². The first-order valence-electron chi connectivity index (χ1n) is 10.0. The van der Waals surface area contributed by atoms with Crippen molar-refractivity contribution >= 4 is 23.5 Å². The lowest BCUT2D eigenvalue weighted by Gasteiger charge is -2.11. The predicted molar refractivity (Wildman–Crippen MR) is 121 cm³/mol. The molecule has 3 rings (SSSR count). The summed E-state index contributed by atoms with van der Waals surface area (Å²) in [5.74, 6) is 1.19. The molecule has 0 radical (unpaired) electrons. The van der Waals surface area contributed by atoms with E-state index in [-0.39, 0.29) is 23.9 Å². The van der Waals surface area contributed by atoms with E-state index >= 15 is 0 Å². The first kappa shape index (κ1) is 23.3. The Morgan fingerprint density at radius 2 is 1.81 bits per heavy atom. The first-order valence-corrected chi connectivity index (χ1v) is 11.0. The lowest BCUT2D eigenvalue weighted by atomic mass is 10.1. The van der Waals surface area contributed by atoms with Gasteiger partial charge in [0.1, 0.15) is 23.7 Å². The molecular formula is C23H25N3O5S. The summed E-state index contributed by atoms with van der Waals surface area (Å²) in [4.78, 5) is 24.9. The number of ketones is 1. The molecule has 0 bridgehead atoms. The van der Waals surface area contributed by atoms with E-state index in [4.69, 9.17) is 14.2 Å². The van der Waals surface area contributed by atoms with E-state index in [9.17, 15) is 9.59 Å². The number of hydrogen-bond donors (Lipinski definition) is 0. The highest BCUT2D eigenvalue weighted by atomic mass is 32.2. The van der Waals surface area contributed by atoms with Gasteiger partial charge < -0.3 is 18.8 Å². The van der Waals surface area contributed by atoms with Gasteiger partial charge in [0.15, 0.2) is 10.9 Å². The van der Waals surface area contributed by atoms with Crippen molar-refractivity contribution in [2.24, 2.45) is 0 Å². The van der Waals surface area contributed by atoms with Gasteiger partial charge >= 0.3 is 5.97 Å². The van der Waals surface area contributed by atoms with Gasteiger partial charge in [-0.2, -0.15) is 0 Å². The Hall–Kier alpha value is -3.33. The highest BCUT2D eigenvalue weighted by molar-refractivity contribution is 7.99. The van der Waals surface area contributed by atoms with Crippen molar-refractivity contribution in [3.8, 4) is 11.5 Å². The molecule has 2 aromatic carbocycles. The zero-order valence-electron chi connectivity index (χ0n) is 18.2. The van der Waals surface area contributed by atoms with E-state index in [0.717, 1.165) is 5.56 Å².